The highest BCUT2D eigenvalue weighted by Crippen LogP contribution is 2.55. The maximum Gasteiger partial charge on any atom is 0.344 e. The molecule has 0 radical (unpaired) electrons. The van der Waals surface area contributed by atoms with Crippen molar-refractivity contribution in [2.24, 2.45) is 17.3 Å². The second kappa shape index (κ2) is 4.92. The minimum Gasteiger partial charge on any atom is -0.457 e. The van der Waals surface area contributed by atoms with Gasteiger partial charge in [0.15, 0.2) is 6.61 Å². The van der Waals surface area contributed by atoms with E-state index in [-0.39, 0.29) is 11.8 Å². The van der Waals surface area contributed by atoms with Crippen molar-refractivity contribution in [3.63, 3.8) is 0 Å². The zero-order valence-corrected chi connectivity index (χ0v) is 13.6. The minimum absolute atomic E-state index is 0.0135. The third-order valence-corrected chi connectivity index (χ3v) is 6.39. The summed E-state index contributed by atoms with van der Waals surface area (Å²) in [5, 5.41) is -0.448. The lowest BCUT2D eigenvalue weighted by atomic mass is 9.94. The molecule has 0 aromatic carbocycles. The number of ether oxygens (including phenoxy) is 2. The predicted octanol–water partition coefficient (Wildman–Crippen LogP) is 0.625. The summed E-state index contributed by atoms with van der Waals surface area (Å²) < 4.78 is 38.9. The summed E-state index contributed by atoms with van der Waals surface area (Å²) in [6.45, 7) is 4.60. The first-order valence-electron chi connectivity index (χ1n) is 7.38. The summed E-state index contributed by atoms with van der Waals surface area (Å²) in [6.07, 6.45) is 0.0488. The van der Waals surface area contributed by atoms with E-state index in [1.54, 1.807) is 20.8 Å². The molecule has 7 nitrogen and oxygen atoms in total. The van der Waals surface area contributed by atoms with Crippen molar-refractivity contribution >= 4 is 22.1 Å². The fourth-order valence-corrected chi connectivity index (χ4v) is 5.45. The normalized spacial score (nSPS) is 38.0. The summed E-state index contributed by atoms with van der Waals surface area (Å²) in [5.74, 6) is -1.22. The maximum atomic E-state index is 11.8. The van der Waals surface area contributed by atoms with E-state index < -0.39 is 51.5 Å². The summed E-state index contributed by atoms with van der Waals surface area (Å²) in [7, 11) is -3.52. The summed E-state index contributed by atoms with van der Waals surface area (Å²) in [6, 6.07) is 0. The van der Waals surface area contributed by atoms with Gasteiger partial charge in [0.2, 0.25) is 0 Å². The Kier molecular flexibility index (Phi) is 3.52. The molecule has 3 aliphatic rings. The highest BCUT2D eigenvalue weighted by Gasteiger charge is 2.65. The number of esters is 2. The molecule has 1 heterocycles. The Morgan fingerprint density at radius 3 is 2.55 bits per heavy atom. The predicted molar refractivity (Wildman–Crippen MR) is 74.1 cm³/mol. The highest BCUT2D eigenvalue weighted by molar-refractivity contribution is 7.87. The zero-order valence-electron chi connectivity index (χ0n) is 12.8. The van der Waals surface area contributed by atoms with Gasteiger partial charge in [-0.3, -0.25) is 8.98 Å². The first kappa shape index (κ1) is 15.7. The van der Waals surface area contributed by atoms with Crippen LogP contribution in [0.1, 0.15) is 33.6 Å². The lowest BCUT2D eigenvalue weighted by Gasteiger charge is -2.25. The average molecular weight is 332 g/mol. The molecular weight excluding hydrogens is 312 g/mol. The van der Waals surface area contributed by atoms with Crippen molar-refractivity contribution in [3.05, 3.63) is 0 Å². The van der Waals surface area contributed by atoms with Crippen molar-refractivity contribution in [2.45, 2.75) is 51.1 Å². The van der Waals surface area contributed by atoms with Gasteiger partial charge in [0.25, 0.3) is 10.1 Å². The van der Waals surface area contributed by atoms with Crippen LogP contribution in [-0.2, 0) is 33.4 Å². The van der Waals surface area contributed by atoms with Gasteiger partial charge in [-0.2, -0.15) is 8.42 Å². The molecule has 124 valence electrons. The fourth-order valence-electron chi connectivity index (χ4n) is 3.57. The Morgan fingerprint density at radius 2 is 1.91 bits per heavy atom. The molecule has 1 aliphatic heterocycles. The van der Waals surface area contributed by atoms with Gasteiger partial charge in [-0.25, -0.2) is 4.79 Å². The number of rotatable bonds is 3. The first-order chi connectivity index (χ1) is 10.1. The molecule has 1 saturated heterocycles. The van der Waals surface area contributed by atoms with Crippen LogP contribution in [0.2, 0.25) is 0 Å². The standard InChI is InChI=1S/C14H20O7S/c1-14(2,3)13(16)19-6-10(15)20-11-7-4-8-9(5-7)22(17,18)21-12(8)11/h7-9,11-12H,4-6H2,1-3H3. The maximum absolute atomic E-state index is 11.8. The van der Waals surface area contributed by atoms with E-state index >= 15 is 0 Å². The van der Waals surface area contributed by atoms with Crippen molar-refractivity contribution in [1.29, 1.82) is 0 Å². The Morgan fingerprint density at radius 1 is 1.23 bits per heavy atom. The molecule has 5 atom stereocenters. The number of fused-ring (bicyclic) bond motifs is 1. The van der Waals surface area contributed by atoms with E-state index in [1.165, 1.54) is 0 Å². The van der Waals surface area contributed by atoms with Crippen molar-refractivity contribution < 1.29 is 31.7 Å². The van der Waals surface area contributed by atoms with Gasteiger partial charge in [0.1, 0.15) is 12.2 Å². The van der Waals surface area contributed by atoms with Crippen LogP contribution in [0, 0.1) is 17.3 Å². The summed E-state index contributed by atoms with van der Waals surface area (Å²) >= 11 is 0. The molecule has 0 aromatic rings. The Labute approximate surface area is 129 Å². The van der Waals surface area contributed by atoms with Crippen LogP contribution < -0.4 is 0 Å². The molecule has 0 spiro atoms. The molecule has 8 heteroatoms. The molecule has 0 N–H and O–H groups in total. The molecule has 2 aliphatic carbocycles. The summed E-state index contributed by atoms with van der Waals surface area (Å²) in [5.41, 5.74) is -0.692. The molecule has 0 amide bonds. The number of carbonyl (C=O) groups excluding carboxylic acids is 2. The first-order valence-corrected chi connectivity index (χ1v) is 8.85. The van der Waals surface area contributed by atoms with Crippen LogP contribution in [0.4, 0.5) is 0 Å². The highest BCUT2D eigenvalue weighted by atomic mass is 32.2. The fraction of sp³-hybridized carbons (Fsp3) is 0.857. The SMILES string of the molecule is CC(C)(C)C(=O)OCC(=O)OC1C2CC3C1OS(=O)(=O)C3C2. The lowest BCUT2D eigenvalue weighted by molar-refractivity contribution is -0.170. The second-order valence-electron chi connectivity index (χ2n) is 7.27. The molecule has 2 saturated carbocycles. The quantitative estimate of drug-likeness (QED) is 0.552. The average Bonchev–Trinajstić information content (AvgIpc) is 2.98. The van der Waals surface area contributed by atoms with E-state index in [2.05, 4.69) is 0 Å². The smallest absolute Gasteiger partial charge is 0.344 e. The van der Waals surface area contributed by atoms with Crippen molar-refractivity contribution in [2.75, 3.05) is 6.61 Å². The van der Waals surface area contributed by atoms with Crippen LogP contribution in [-0.4, -0.2) is 44.4 Å². The monoisotopic (exact) mass is 332 g/mol. The van der Waals surface area contributed by atoms with Crippen LogP contribution in [0.5, 0.6) is 0 Å². The Bertz CT molecular complexity index is 603. The topological polar surface area (TPSA) is 96.0 Å². The van der Waals surface area contributed by atoms with Gasteiger partial charge in [-0.15, -0.1) is 0 Å². The van der Waals surface area contributed by atoms with Gasteiger partial charge in [0, 0.05) is 11.8 Å². The molecule has 3 rings (SSSR count). The minimum atomic E-state index is -3.52. The molecule has 0 aromatic heterocycles. The van der Waals surface area contributed by atoms with E-state index in [0.717, 1.165) is 0 Å². The zero-order chi connectivity index (χ0) is 16.3. The van der Waals surface area contributed by atoms with Crippen molar-refractivity contribution in [3.8, 4) is 0 Å². The van der Waals surface area contributed by atoms with Gasteiger partial charge in [-0.1, -0.05) is 0 Å². The van der Waals surface area contributed by atoms with Crippen molar-refractivity contribution in [1.82, 2.24) is 0 Å². The molecular formula is C14H20O7S. The Balaban J connectivity index is 1.57. The Hall–Kier alpha value is -1.15. The molecule has 5 unspecified atom stereocenters. The van der Waals surface area contributed by atoms with Crippen LogP contribution in [0.3, 0.4) is 0 Å². The third kappa shape index (κ3) is 2.52. The van der Waals surface area contributed by atoms with Gasteiger partial charge < -0.3 is 9.47 Å². The number of hydrogen-bond donors (Lipinski definition) is 0. The van der Waals surface area contributed by atoms with Gasteiger partial charge in [0.05, 0.1) is 10.7 Å². The second-order valence-corrected chi connectivity index (χ2v) is 9.05. The number of carbonyl (C=O) groups is 2. The molecule has 3 fully saturated rings. The summed E-state index contributed by atoms with van der Waals surface area (Å²) in [4.78, 5) is 23.5. The number of hydrogen-bond acceptors (Lipinski definition) is 7. The largest absolute Gasteiger partial charge is 0.457 e. The molecule has 22 heavy (non-hydrogen) atoms. The lowest BCUT2D eigenvalue weighted by Crippen LogP contribution is -2.38. The van der Waals surface area contributed by atoms with Crippen LogP contribution >= 0.6 is 0 Å². The van der Waals surface area contributed by atoms with E-state index in [0.29, 0.717) is 12.8 Å². The molecule has 2 bridgehead atoms. The van der Waals surface area contributed by atoms with Gasteiger partial charge in [-0.05, 0) is 33.6 Å². The van der Waals surface area contributed by atoms with E-state index in [4.69, 9.17) is 13.7 Å². The van der Waals surface area contributed by atoms with Gasteiger partial charge >= 0.3 is 11.9 Å². The van der Waals surface area contributed by atoms with Crippen LogP contribution in [0.25, 0.3) is 0 Å². The van der Waals surface area contributed by atoms with E-state index in [9.17, 15) is 18.0 Å². The van der Waals surface area contributed by atoms with Crippen LogP contribution in [0.15, 0.2) is 0 Å². The van der Waals surface area contributed by atoms with E-state index in [1.807, 2.05) is 0 Å². The third-order valence-electron chi connectivity index (χ3n) is 4.61.